The van der Waals surface area contributed by atoms with E-state index in [1.807, 2.05) is 32.7 Å². The largest absolute Gasteiger partial charge is 0.457 e. The Kier molecular flexibility index (Phi) is 6.91. The van der Waals surface area contributed by atoms with Gasteiger partial charge in [0.05, 0.1) is 17.6 Å². The highest BCUT2D eigenvalue weighted by Crippen LogP contribution is 2.34. The molecule has 0 unspecified atom stereocenters. The third-order valence-electron chi connectivity index (χ3n) is 4.24. The number of esters is 1. The highest BCUT2D eigenvalue weighted by molar-refractivity contribution is 9.10. The molecule has 0 spiro atoms. The van der Waals surface area contributed by atoms with Gasteiger partial charge >= 0.3 is 5.97 Å². The summed E-state index contributed by atoms with van der Waals surface area (Å²) in [5.74, 6) is -0.880. The van der Waals surface area contributed by atoms with E-state index in [1.54, 1.807) is 30.6 Å². The van der Waals surface area contributed by atoms with E-state index in [1.165, 1.54) is 6.07 Å². The van der Waals surface area contributed by atoms with Crippen molar-refractivity contribution < 1.29 is 13.9 Å². The van der Waals surface area contributed by atoms with Crippen LogP contribution in [0.4, 0.5) is 10.1 Å². The van der Waals surface area contributed by atoms with E-state index in [0.717, 1.165) is 23.4 Å². The van der Waals surface area contributed by atoms with E-state index in [9.17, 15) is 9.18 Å². The molecule has 2 rings (SSSR count). The highest BCUT2D eigenvalue weighted by atomic mass is 79.9. The van der Waals surface area contributed by atoms with E-state index >= 15 is 0 Å². The molecule has 4 nitrogen and oxygen atoms in total. The minimum atomic E-state index is -0.490. The number of hydrogen-bond acceptors (Lipinski definition) is 3. The number of halogens is 2. The lowest BCUT2D eigenvalue weighted by atomic mass is 10.0. The summed E-state index contributed by atoms with van der Waals surface area (Å²) in [5, 5.41) is 0. The molecule has 0 aliphatic rings. The molecule has 0 saturated carbocycles. The van der Waals surface area contributed by atoms with Gasteiger partial charge in [-0.3, -0.25) is 0 Å². The molecule has 0 aliphatic carbocycles. The molecular weight excluding hydrogens is 399 g/mol. The second-order valence-corrected chi connectivity index (χ2v) is 6.84. The number of nitrogens with zero attached hydrogens (tertiary/aromatic N) is 2. The van der Waals surface area contributed by atoms with Gasteiger partial charge in [-0.05, 0) is 60.0 Å². The predicted molar refractivity (Wildman–Crippen MR) is 106 cm³/mol. The fourth-order valence-electron chi connectivity index (χ4n) is 2.31. The molecule has 6 heteroatoms. The van der Waals surface area contributed by atoms with Crippen LogP contribution in [0.1, 0.15) is 34.0 Å². The van der Waals surface area contributed by atoms with Crippen molar-refractivity contribution in [2.45, 2.75) is 27.4 Å². The Morgan fingerprint density at radius 1 is 1.31 bits per heavy atom. The first kappa shape index (κ1) is 20.1. The summed E-state index contributed by atoms with van der Waals surface area (Å²) in [6, 6.07) is 7.94. The topological polar surface area (TPSA) is 41.9 Å². The standard InChI is InChI=1S/C20H22BrFN2O2/c1-5-24(4)12-23-19-14(3)13(2)16(10-17(19)21)20(25)26-11-15-8-6-7-9-18(15)22/h6-10,12H,5,11H2,1-4H3/b23-12+. The summed E-state index contributed by atoms with van der Waals surface area (Å²) in [7, 11) is 1.94. The van der Waals surface area contributed by atoms with Crippen LogP contribution < -0.4 is 0 Å². The van der Waals surface area contributed by atoms with Gasteiger partial charge < -0.3 is 9.64 Å². The zero-order valence-corrected chi connectivity index (χ0v) is 16.9. The first-order chi connectivity index (χ1) is 12.3. The van der Waals surface area contributed by atoms with Crippen molar-refractivity contribution in [3.63, 3.8) is 0 Å². The van der Waals surface area contributed by atoms with Crippen LogP contribution in [-0.2, 0) is 11.3 Å². The number of carbonyl (C=O) groups excluding carboxylic acids is 1. The second-order valence-electron chi connectivity index (χ2n) is 5.99. The molecule has 2 aromatic rings. The summed E-state index contributed by atoms with van der Waals surface area (Å²) >= 11 is 3.48. The van der Waals surface area contributed by atoms with Crippen LogP contribution in [0.2, 0.25) is 0 Å². The molecule has 0 bridgehead atoms. The van der Waals surface area contributed by atoms with Crippen LogP contribution in [-0.4, -0.2) is 30.8 Å². The van der Waals surface area contributed by atoms with Gasteiger partial charge in [-0.15, -0.1) is 0 Å². The van der Waals surface area contributed by atoms with Crippen molar-refractivity contribution in [3.8, 4) is 0 Å². The number of ether oxygens (including phenoxy) is 1. The molecule has 0 saturated heterocycles. The molecule has 0 atom stereocenters. The van der Waals surface area contributed by atoms with Gasteiger partial charge in [0.1, 0.15) is 12.4 Å². The summed E-state index contributed by atoms with van der Waals surface area (Å²) < 4.78 is 19.7. The molecule has 0 aliphatic heterocycles. The lowest BCUT2D eigenvalue weighted by Gasteiger charge is -2.14. The Balaban J connectivity index is 2.23. The van der Waals surface area contributed by atoms with Gasteiger partial charge in [0.2, 0.25) is 0 Å². The smallest absolute Gasteiger partial charge is 0.338 e. The third-order valence-corrected chi connectivity index (χ3v) is 4.84. The Labute approximate surface area is 161 Å². The van der Waals surface area contributed by atoms with Crippen LogP contribution in [0.15, 0.2) is 39.8 Å². The van der Waals surface area contributed by atoms with E-state index in [2.05, 4.69) is 20.9 Å². The van der Waals surface area contributed by atoms with Crippen LogP contribution in [0.25, 0.3) is 0 Å². The van der Waals surface area contributed by atoms with Crippen molar-refractivity contribution in [2.24, 2.45) is 4.99 Å². The lowest BCUT2D eigenvalue weighted by Crippen LogP contribution is -2.14. The highest BCUT2D eigenvalue weighted by Gasteiger charge is 2.17. The molecule has 0 fully saturated rings. The number of rotatable bonds is 6. The minimum Gasteiger partial charge on any atom is -0.457 e. The number of hydrogen-bond donors (Lipinski definition) is 0. The number of aliphatic imine (C=N–C) groups is 1. The third kappa shape index (κ3) is 4.69. The molecule has 138 valence electrons. The maximum Gasteiger partial charge on any atom is 0.338 e. The van der Waals surface area contributed by atoms with Gasteiger partial charge in [-0.25, -0.2) is 14.2 Å². The molecule has 0 radical (unpaired) electrons. The SMILES string of the molecule is CCN(C)/C=N/c1c(Br)cc(C(=O)OCc2ccccc2F)c(C)c1C. The van der Waals surface area contributed by atoms with Crippen LogP contribution >= 0.6 is 15.9 Å². The molecule has 0 heterocycles. The fourth-order valence-corrected chi connectivity index (χ4v) is 2.94. The Bertz CT molecular complexity index is 837. The van der Waals surface area contributed by atoms with Gasteiger partial charge in [0.15, 0.2) is 0 Å². The summed E-state index contributed by atoms with van der Waals surface area (Å²) in [5.41, 5.74) is 3.23. The van der Waals surface area contributed by atoms with E-state index in [0.29, 0.717) is 15.6 Å². The average Bonchev–Trinajstić information content (AvgIpc) is 2.63. The Morgan fingerprint density at radius 3 is 2.65 bits per heavy atom. The van der Waals surface area contributed by atoms with E-state index in [4.69, 9.17) is 4.74 Å². The molecule has 0 N–H and O–H groups in total. The second kappa shape index (κ2) is 8.94. The normalized spacial score (nSPS) is 11.0. The van der Waals surface area contributed by atoms with Crippen molar-refractivity contribution in [1.82, 2.24) is 4.90 Å². The van der Waals surface area contributed by atoms with Crippen molar-refractivity contribution in [2.75, 3.05) is 13.6 Å². The lowest BCUT2D eigenvalue weighted by molar-refractivity contribution is 0.0468. The average molecular weight is 421 g/mol. The van der Waals surface area contributed by atoms with Gasteiger partial charge in [-0.1, -0.05) is 18.2 Å². The Morgan fingerprint density at radius 2 is 2.00 bits per heavy atom. The first-order valence-electron chi connectivity index (χ1n) is 8.29. The quantitative estimate of drug-likeness (QED) is 0.367. The van der Waals surface area contributed by atoms with Crippen LogP contribution in [0, 0.1) is 19.7 Å². The molecular formula is C20H22BrFN2O2. The number of carbonyl (C=O) groups is 1. The van der Waals surface area contributed by atoms with Crippen molar-refractivity contribution >= 4 is 33.9 Å². The minimum absolute atomic E-state index is 0.108. The zero-order chi connectivity index (χ0) is 19.3. The summed E-state index contributed by atoms with van der Waals surface area (Å²) in [6.45, 7) is 6.53. The maximum atomic E-state index is 13.7. The van der Waals surface area contributed by atoms with Crippen LogP contribution in [0.5, 0.6) is 0 Å². The Hall–Kier alpha value is -2.21. The molecule has 0 aromatic heterocycles. The van der Waals surface area contributed by atoms with E-state index in [-0.39, 0.29) is 12.4 Å². The molecule has 26 heavy (non-hydrogen) atoms. The van der Waals surface area contributed by atoms with Crippen LogP contribution in [0.3, 0.4) is 0 Å². The molecule has 0 amide bonds. The molecule has 2 aromatic carbocycles. The maximum absolute atomic E-state index is 13.7. The van der Waals surface area contributed by atoms with Crippen molar-refractivity contribution in [1.29, 1.82) is 0 Å². The number of benzene rings is 2. The zero-order valence-electron chi connectivity index (χ0n) is 15.3. The summed E-state index contributed by atoms with van der Waals surface area (Å²) in [4.78, 5) is 18.9. The first-order valence-corrected chi connectivity index (χ1v) is 9.09. The van der Waals surface area contributed by atoms with Crippen molar-refractivity contribution in [3.05, 3.63) is 62.9 Å². The predicted octanol–water partition coefficient (Wildman–Crippen LogP) is 5.17. The van der Waals surface area contributed by atoms with Gasteiger partial charge in [0.25, 0.3) is 0 Å². The summed E-state index contributed by atoms with van der Waals surface area (Å²) in [6.07, 6.45) is 1.75. The van der Waals surface area contributed by atoms with E-state index < -0.39 is 5.97 Å². The monoisotopic (exact) mass is 420 g/mol. The van der Waals surface area contributed by atoms with Gasteiger partial charge in [0, 0.05) is 23.6 Å². The fraction of sp³-hybridized carbons (Fsp3) is 0.300. The van der Waals surface area contributed by atoms with Gasteiger partial charge in [-0.2, -0.15) is 0 Å².